The molecule has 0 radical (unpaired) electrons. The summed E-state index contributed by atoms with van der Waals surface area (Å²) in [5.74, 6) is -3.85. The van der Waals surface area contributed by atoms with E-state index in [1.807, 2.05) is 6.07 Å². The molecule has 32 nitrogen and oxygen atoms in total. The van der Waals surface area contributed by atoms with E-state index in [9.17, 15) is 45.6 Å². The number of aliphatic imine (C=N–C) groups is 1. The van der Waals surface area contributed by atoms with E-state index >= 15 is 0 Å². The molecule has 2 aromatic heterocycles. The predicted octanol–water partition coefficient (Wildman–Crippen LogP) is 1.65. The molecular formula is C64H82N16O16S2+2. The van der Waals surface area contributed by atoms with E-state index in [-0.39, 0.29) is 81.2 Å². The van der Waals surface area contributed by atoms with E-state index in [1.165, 1.54) is 93.4 Å². The number of pyridine rings is 2. The van der Waals surface area contributed by atoms with Crippen molar-refractivity contribution >= 4 is 96.0 Å². The minimum Gasteiger partial charge on any atom is -0.494 e. The molecule has 6 amide bonds. The minimum atomic E-state index is -4.17. The van der Waals surface area contributed by atoms with Crippen LogP contribution in [0.15, 0.2) is 149 Å². The molecule has 0 saturated carbocycles. The van der Waals surface area contributed by atoms with Gasteiger partial charge in [0.2, 0.25) is 6.54 Å². The largest absolute Gasteiger partial charge is 0.494 e. The highest BCUT2D eigenvalue weighted by atomic mass is 32.2. The Morgan fingerprint density at radius 2 is 1.12 bits per heavy atom. The molecule has 0 spiro atoms. The number of aromatic nitrogens is 2. The molecule has 6 aromatic rings. The van der Waals surface area contributed by atoms with Gasteiger partial charge in [0.1, 0.15) is 17.1 Å². The average molecular weight is 1400 g/mol. The summed E-state index contributed by atoms with van der Waals surface area (Å²) in [5, 5.41) is 10.8. The van der Waals surface area contributed by atoms with E-state index in [2.05, 4.69) is 72.7 Å². The van der Waals surface area contributed by atoms with Gasteiger partial charge in [-0.2, -0.15) is 9.13 Å². The van der Waals surface area contributed by atoms with Gasteiger partial charge in [-0.05, 0) is 112 Å². The molecular weight excluding hydrogens is 1310 g/mol. The lowest BCUT2D eigenvalue weighted by atomic mass is 10.2. The second-order valence-electron chi connectivity index (χ2n) is 22.1. The first-order valence-electron chi connectivity index (χ1n) is 31.4. The highest BCUT2D eigenvalue weighted by molar-refractivity contribution is 7.93. The highest BCUT2D eigenvalue weighted by Gasteiger charge is 2.22. The monoisotopic (exact) mass is 1390 g/mol. The minimum absolute atomic E-state index is 0.0112. The number of nitrogens with zero attached hydrogens (tertiary/aromatic N) is 5. The van der Waals surface area contributed by atoms with Crippen molar-refractivity contribution in [3.63, 3.8) is 0 Å². The lowest BCUT2D eigenvalue weighted by molar-refractivity contribution is -0.726. The van der Waals surface area contributed by atoms with Crippen LogP contribution in [0.3, 0.4) is 0 Å². The topological polar surface area (TPSA) is 385 Å². The second-order valence-corrected chi connectivity index (χ2v) is 25.4. The number of sulfonamides is 2. The third-order valence-electron chi connectivity index (χ3n) is 14.8. The van der Waals surface area contributed by atoms with Crippen LogP contribution in [0.2, 0.25) is 0 Å². The number of methoxy groups -OCH3 is 2. The standard InChI is InChI=1S/C64H80N16O16S2/c1-91-57-39-51(17-19-55(57)71-73-63(85)61(83)66-22-9-27-77-29-33-93-34-30-77)75-97(87,88)53-15-5-13-49(37-53)68-45-95-46-80-26-8-12-48(42-80)60(82)65-21-3-4-24-69-96-44-47-11-7-25-79(41-47)43-59(81)70-50-14-6-16-54(38-50)98(89,90)76-52-18-20-56(58(40-52)92-2)72-74-64(86)62(84)67-23-10-28-78-31-35-94-36-32-78/h5-8,11-20,25-26,37-42,45,69H,3-4,9-10,21-24,27-36,43-44,46H2,1-2H3,(H8-2,65,66,67,70,71,72,73,74,75,76,81,82,83,84,85,86)/p+2. The number of hydrogen-bond acceptors (Lipinski definition) is 22. The number of ether oxygens (including phenoxy) is 5. The number of hydrogen-bond donors (Lipinski definition) is 11. The molecule has 2 aliphatic rings. The van der Waals surface area contributed by atoms with Gasteiger partial charge in [-0.15, -0.1) is 0 Å². The van der Waals surface area contributed by atoms with Crippen molar-refractivity contribution < 1.29 is 83.3 Å². The Labute approximate surface area is 567 Å². The number of carbonyl (C=O) groups excluding carboxylic acids is 6. The third kappa shape index (κ3) is 24.2. The molecule has 2 fully saturated rings. The van der Waals surface area contributed by atoms with E-state index in [0.29, 0.717) is 83.9 Å². The molecule has 4 heterocycles. The third-order valence-corrected chi connectivity index (χ3v) is 17.5. The first-order valence-corrected chi connectivity index (χ1v) is 34.3. The van der Waals surface area contributed by atoms with Crippen LogP contribution < -0.4 is 76.5 Å². The van der Waals surface area contributed by atoms with Crippen molar-refractivity contribution in [2.24, 2.45) is 4.99 Å². The number of anilines is 5. The Morgan fingerprint density at radius 1 is 0.571 bits per heavy atom. The fraction of sp³-hybridized carbons (Fsp3) is 0.359. The fourth-order valence-electron chi connectivity index (χ4n) is 9.71. The zero-order valence-electron chi connectivity index (χ0n) is 54.2. The van der Waals surface area contributed by atoms with Crippen molar-refractivity contribution in [2.75, 3.05) is 132 Å². The van der Waals surface area contributed by atoms with E-state index in [1.54, 1.807) is 64.3 Å². The first kappa shape index (κ1) is 73.7. The Hall–Kier alpha value is -10.1. The maximum atomic E-state index is 13.5. The molecule has 4 aromatic carbocycles. The van der Waals surface area contributed by atoms with Gasteiger partial charge in [-0.1, -0.05) is 12.1 Å². The van der Waals surface area contributed by atoms with E-state index < -0.39 is 49.6 Å². The van der Waals surface area contributed by atoms with Gasteiger partial charge < -0.3 is 45.0 Å². The predicted molar refractivity (Wildman–Crippen MR) is 359 cm³/mol. The SMILES string of the molecule is COc1cc(NS(=O)(=O)c2cccc(N=COC[n+]3cccc(C(=O)NCCCCNOCc4ccc[n+](CC(=O)Nc5cccc(S(=O)(=O)Nc6ccc(NNC(=O)C(=O)NCCCN7CCOCC7)c(OC)c6)c5)c4)c3)c2)ccc1NNC(=O)C(=O)NCCCN1CCOCC1. The first-order chi connectivity index (χ1) is 47.4. The van der Waals surface area contributed by atoms with Crippen LogP contribution in [0.4, 0.5) is 34.1 Å². The number of unbranched alkanes of at least 4 members (excludes halogenated alkanes) is 1. The van der Waals surface area contributed by atoms with Gasteiger partial charge in [0.25, 0.3) is 38.6 Å². The van der Waals surface area contributed by atoms with Gasteiger partial charge in [0.05, 0.1) is 85.5 Å². The summed E-state index contributed by atoms with van der Waals surface area (Å²) in [6.45, 7) is 9.12. The number of morpholine rings is 2. The number of hydroxylamine groups is 1. The van der Waals surface area contributed by atoms with Crippen molar-refractivity contribution in [2.45, 2.75) is 55.4 Å². The summed E-state index contributed by atoms with van der Waals surface area (Å²) < 4.78 is 89.3. The molecule has 34 heteroatoms. The molecule has 0 unspecified atom stereocenters. The molecule has 524 valence electrons. The maximum absolute atomic E-state index is 13.5. The lowest BCUT2D eigenvalue weighted by Gasteiger charge is -2.26. The van der Waals surface area contributed by atoms with Gasteiger partial charge >= 0.3 is 23.6 Å². The van der Waals surface area contributed by atoms with Crippen LogP contribution in [-0.4, -0.2) is 175 Å². The fourth-order valence-corrected chi connectivity index (χ4v) is 11.9. The number of hydrazine groups is 2. The number of amides is 6. The zero-order valence-corrected chi connectivity index (χ0v) is 55.8. The lowest BCUT2D eigenvalue weighted by Crippen LogP contribution is -2.43. The van der Waals surface area contributed by atoms with Gasteiger partial charge in [0.15, 0.2) is 31.2 Å². The number of carbonyl (C=O) groups is 6. The van der Waals surface area contributed by atoms with Crippen molar-refractivity contribution in [3.05, 3.63) is 145 Å². The van der Waals surface area contributed by atoms with Crippen molar-refractivity contribution in [3.8, 4) is 11.5 Å². The maximum Gasteiger partial charge on any atom is 0.327 e. The molecule has 8 rings (SSSR count). The quantitative estimate of drug-likeness (QED) is 0.00665. The Balaban J connectivity index is 0.682. The normalized spacial score (nSPS) is 13.5. The van der Waals surface area contributed by atoms with Crippen LogP contribution in [0.1, 0.15) is 41.6 Å². The summed E-state index contributed by atoms with van der Waals surface area (Å²) in [7, 11) is -5.57. The highest BCUT2D eigenvalue weighted by Crippen LogP contribution is 2.31. The zero-order chi connectivity index (χ0) is 69.5. The summed E-state index contributed by atoms with van der Waals surface area (Å²) in [6.07, 6.45) is 10.6. The summed E-state index contributed by atoms with van der Waals surface area (Å²) >= 11 is 0. The Kier molecular flexibility index (Phi) is 28.6. The number of benzene rings is 4. The molecule has 0 bridgehead atoms. The summed E-state index contributed by atoms with van der Waals surface area (Å²) in [6, 6.07) is 27.2. The molecule has 0 aliphatic carbocycles. The average Bonchev–Trinajstić information content (AvgIpc) is 0.829. The Morgan fingerprint density at radius 3 is 1.72 bits per heavy atom. The molecule has 0 atom stereocenters. The van der Waals surface area contributed by atoms with Crippen LogP contribution in [0.5, 0.6) is 11.5 Å². The van der Waals surface area contributed by atoms with Crippen LogP contribution >= 0.6 is 0 Å². The second kappa shape index (κ2) is 38.0. The Bertz CT molecular complexity index is 3950. The van der Waals surface area contributed by atoms with Crippen LogP contribution in [0.25, 0.3) is 0 Å². The summed E-state index contributed by atoms with van der Waals surface area (Å²) in [4.78, 5) is 89.9. The van der Waals surface area contributed by atoms with Crippen LogP contribution in [0, 0.1) is 0 Å². The molecule has 2 aliphatic heterocycles. The number of rotatable bonds is 36. The van der Waals surface area contributed by atoms with Crippen LogP contribution in [-0.2, 0) is 82.9 Å². The summed E-state index contributed by atoms with van der Waals surface area (Å²) in [5.41, 5.74) is 15.3. The van der Waals surface area contributed by atoms with E-state index in [0.717, 1.165) is 44.8 Å². The van der Waals surface area contributed by atoms with Gasteiger partial charge in [0, 0.05) is 87.9 Å². The van der Waals surface area contributed by atoms with Gasteiger partial charge in [-0.3, -0.25) is 74.6 Å². The van der Waals surface area contributed by atoms with Crippen molar-refractivity contribution in [1.29, 1.82) is 0 Å². The molecule has 98 heavy (non-hydrogen) atoms. The van der Waals surface area contributed by atoms with Gasteiger partial charge in [-0.25, -0.2) is 27.3 Å². The van der Waals surface area contributed by atoms with Crippen molar-refractivity contribution in [1.82, 2.24) is 42.1 Å². The molecule has 11 N–H and O–H groups in total. The smallest absolute Gasteiger partial charge is 0.327 e. The number of nitrogens with one attached hydrogen (secondary N) is 11. The van der Waals surface area contributed by atoms with E-state index in [4.69, 9.17) is 28.5 Å². The molecule has 2 saturated heterocycles.